The minimum Gasteiger partial charge on any atom is -0.452 e. The van der Waals surface area contributed by atoms with Crippen LogP contribution in [0.4, 0.5) is 18.9 Å². The fourth-order valence-corrected chi connectivity index (χ4v) is 1.88. The van der Waals surface area contributed by atoms with Gasteiger partial charge in [-0.1, -0.05) is 24.3 Å². The highest BCUT2D eigenvalue weighted by atomic mass is 19.3. The van der Waals surface area contributed by atoms with Gasteiger partial charge in [0, 0.05) is 6.08 Å². The third-order valence-corrected chi connectivity index (χ3v) is 3.00. The lowest BCUT2D eigenvalue weighted by atomic mass is 10.2. The molecule has 0 aliphatic carbocycles. The lowest BCUT2D eigenvalue weighted by Crippen LogP contribution is -2.20. The molecule has 1 N–H and O–H groups in total. The normalized spacial score (nSPS) is 10.8. The number of alkyl halides is 2. The van der Waals surface area contributed by atoms with Gasteiger partial charge in [0.25, 0.3) is 5.91 Å². The Kier molecular flexibility index (Phi) is 6.78. The van der Waals surface area contributed by atoms with Gasteiger partial charge in [-0.15, -0.1) is 0 Å². The lowest BCUT2D eigenvalue weighted by molar-refractivity contribution is -0.142. The number of carbonyl (C=O) groups excluding carboxylic acids is 2. The van der Waals surface area contributed by atoms with Crippen molar-refractivity contribution in [3.8, 4) is 5.75 Å². The minimum atomic E-state index is -3.04. The maximum Gasteiger partial charge on any atom is 0.387 e. The second-order valence-electron chi connectivity index (χ2n) is 4.92. The van der Waals surface area contributed by atoms with E-state index >= 15 is 0 Å². The molecule has 2 aromatic carbocycles. The smallest absolute Gasteiger partial charge is 0.387 e. The van der Waals surface area contributed by atoms with Gasteiger partial charge in [-0.05, 0) is 35.9 Å². The molecule has 0 aliphatic heterocycles. The van der Waals surface area contributed by atoms with E-state index in [0.29, 0.717) is 5.56 Å². The molecule has 0 aliphatic rings. The predicted octanol–water partition coefficient (Wildman–Crippen LogP) is 3.62. The Balaban J connectivity index is 1.85. The van der Waals surface area contributed by atoms with Crippen LogP contribution in [0.2, 0.25) is 0 Å². The van der Waals surface area contributed by atoms with E-state index in [9.17, 15) is 22.8 Å². The first-order valence-electron chi connectivity index (χ1n) is 7.38. The van der Waals surface area contributed by atoms with Gasteiger partial charge in [-0.2, -0.15) is 8.78 Å². The summed E-state index contributed by atoms with van der Waals surface area (Å²) >= 11 is 0. The second-order valence-corrected chi connectivity index (χ2v) is 4.92. The summed E-state index contributed by atoms with van der Waals surface area (Å²) in [6.07, 6.45) is 2.47. The highest BCUT2D eigenvalue weighted by Crippen LogP contribution is 2.25. The number of rotatable bonds is 7. The number of anilines is 1. The van der Waals surface area contributed by atoms with Crippen molar-refractivity contribution in [3.05, 3.63) is 66.0 Å². The minimum absolute atomic E-state index is 0.0238. The molecule has 0 aromatic heterocycles. The van der Waals surface area contributed by atoms with Crippen molar-refractivity contribution in [1.29, 1.82) is 0 Å². The van der Waals surface area contributed by atoms with Crippen LogP contribution in [0.25, 0.3) is 6.08 Å². The van der Waals surface area contributed by atoms with Gasteiger partial charge >= 0.3 is 12.6 Å². The van der Waals surface area contributed by atoms with Crippen LogP contribution in [0.1, 0.15) is 5.56 Å². The third kappa shape index (κ3) is 6.31. The standard InChI is InChI=1S/C18H14F3NO4/c19-13-8-5-12(6-9-13)7-10-17(24)25-11-16(23)22-14-3-1-2-4-15(14)26-18(20)21/h1-10,18H,11H2,(H,22,23)/b10-7+. The van der Waals surface area contributed by atoms with E-state index in [2.05, 4.69) is 10.1 Å². The quantitative estimate of drug-likeness (QED) is 0.601. The summed E-state index contributed by atoms with van der Waals surface area (Å²) in [5.41, 5.74) is 0.599. The zero-order chi connectivity index (χ0) is 18.9. The summed E-state index contributed by atoms with van der Waals surface area (Å²) in [6.45, 7) is -3.65. The fraction of sp³-hybridized carbons (Fsp3) is 0.111. The number of para-hydroxylation sites is 2. The number of esters is 1. The second kappa shape index (κ2) is 9.26. The van der Waals surface area contributed by atoms with E-state index in [0.717, 1.165) is 6.08 Å². The third-order valence-electron chi connectivity index (χ3n) is 3.00. The van der Waals surface area contributed by atoms with Crippen LogP contribution in [0.3, 0.4) is 0 Å². The molecule has 136 valence electrons. The van der Waals surface area contributed by atoms with Crippen molar-refractivity contribution in [1.82, 2.24) is 0 Å². The van der Waals surface area contributed by atoms with Crippen LogP contribution in [0, 0.1) is 5.82 Å². The highest BCUT2D eigenvalue weighted by molar-refractivity contribution is 5.95. The van der Waals surface area contributed by atoms with Gasteiger partial charge in [0.1, 0.15) is 11.6 Å². The van der Waals surface area contributed by atoms with Crippen LogP contribution in [-0.4, -0.2) is 25.1 Å². The van der Waals surface area contributed by atoms with E-state index in [4.69, 9.17) is 4.74 Å². The first-order chi connectivity index (χ1) is 12.4. The molecule has 2 aromatic rings. The Labute approximate surface area is 147 Å². The number of halogens is 3. The zero-order valence-corrected chi connectivity index (χ0v) is 13.3. The maximum atomic E-state index is 12.8. The van der Waals surface area contributed by atoms with E-state index in [1.165, 1.54) is 54.6 Å². The molecule has 0 spiro atoms. The SMILES string of the molecule is O=C(COC(=O)/C=C/c1ccc(F)cc1)Nc1ccccc1OC(F)F. The summed E-state index contributed by atoms with van der Waals surface area (Å²) in [6, 6.07) is 11.0. The molecule has 1 amide bonds. The van der Waals surface area contributed by atoms with Crippen LogP contribution < -0.4 is 10.1 Å². The van der Waals surface area contributed by atoms with Crippen LogP contribution in [0.15, 0.2) is 54.6 Å². The summed E-state index contributed by atoms with van der Waals surface area (Å²) in [7, 11) is 0. The van der Waals surface area contributed by atoms with Crippen molar-refractivity contribution in [2.45, 2.75) is 6.61 Å². The molecular weight excluding hydrogens is 351 g/mol. The van der Waals surface area contributed by atoms with Gasteiger partial charge in [0.15, 0.2) is 6.61 Å². The Morgan fingerprint density at radius 2 is 1.77 bits per heavy atom. The zero-order valence-electron chi connectivity index (χ0n) is 13.3. The number of hydrogen-bond acceptors (Lipinski definition) is 4. The number of benzene rings is 2. The summed E-state index contributed by atoms with van der Waals surface area (Å²) in [5.74, 6) is -2.13. The number of carbonyl (C=O) groups is 2. The molecule has 5 nitrogen and oxygen atoms in total. The average molecular weight is 365 g/mol. The van der Waals surface area contributed by atoms with Gasteiger partial charge in [0.2, 0.25) is 0 Å². The largest absolute Gasteiger partial charge is 0.452 e. The van der Waals surface area contributed by atoms with Crippen molar-refractivity contribution in [2.24, 2.45) is 0 Å². The highest BCUT2D eigenvalue weighted by Gasteiger charge is 2.12. The Bertz CT molecular complexity index is 791. The topological polar surface area (TPSA) is 64.6 Å². The van der Waals surface area contributed by atoms with Crippen molar-refractivity contribution in [2.75, 3.05) is 11.9 Å². The molecule has 0 unspecified atom stereocenters. The average Bonchev–Trinajstić information content (AvgIpc) is 2.61. The molecule has 0 atom stereocenters. The molecule has 26 heavy (non-hydrogen) atoms. The Morgan fingerprint density at radius 1 is 1.08 bits per heavy atom. The molecule has 0 saturated carbocycles. The number of amides is 1. The Morgan fingerprint density at radius 3 is 2.46 bits per heavy atom. The summed E-state index contributed by atoms with van der Waals surface area (Å²) in [5, 5.41) is 2.31. The van der Waals surface area contributed by atoms with E-state index in [1.807, 2.05) is 0 Å². The first-order valence-corrected chi connectivity index (χ1v) is 7.38. The van der Waals surface area contributed by atoms with E-state index in [-0.39, 0.29) is 11.4 Å². The first kappa shape index (κ1) is 19.0. The number of hydrogen-bond donors (Lipinski definition) is 1. The molecule has 0 bridgehead atoms. The Hall–Kier alpha value is -3.29. The van der Waals surface area contributed by atoms with Gasteiger partial charge in [-0.3, -0.25) is 4.79 Å². The molecular formula is C18H14F3NO4. The summed E-state index contributed by atoms with van der Waals surface area (Å²) < 4.78 is 46.4. The van der Waals surface area contributed by atoms with Crippen LogP contribution in [0.5, 0.6) is 5.75 Å². The van der Waals surface area contributed by atoms with Crippen molar-refractivity contribution in [3.63, 3.8) is 0 Å². The van der Waals surface area contributed by atoms with Gasteiger partial charge < -0.3 is 14.8 Å². The monoisotopic (exact) mass is 365 g/mol. The van der Waals surface area contributed by atoms with Crippen LogP contribution >= 0.6 is 0 Å². The van der Waals surface area contributed by atoms with Gasteiger partial charge in [-0.25, -0.2) is 9.18 Å². The lowest BCUT2D eigenvalue weighted by Gasteiger charge is -2.11. The molecule has 2 rings (SSSR count). The maximum absolute atomic E-state index is 12.8. The number of nitrogens with one attached hydrogen (secondary N) is 1. The fourth-order valence-electron chi connectivity index (χ4n) is 1.88. The van der Waals surface area contributed by atoms with E-state index < -0.39 is 30.9 Å². The van der Waals surface area contributed by atoms with Gasteiger partial charge in [0.05, 0.1) is 5.69 Å². The van der Waals surface area contributed by atoms with Crippen molar-refractivity contribution >= 4 is 23.6 Å². The summed E-state index contributed by atoms with van der Waals surface area (Å²) in [4.78, 5) is 23.3. The molecule has 0 saturated heterocycles. The predicted molar refractivity (Wildman–Crippen MR) is 88.1 cm³/mol. The number of ether oxygens (including phenoxy) is 2. The van der Waals surface area contributed by atoms with Crippen LogP contribution in [-0.2, 0) is 14.3 Å². The van der Waals surface area contributed by atoms with Crippen molar-refractivity contribution < 1.29 is 32.2 Å². The van der Waals surface area contributed by atoms with E-state index in [1.54, 1.807) is 0 Å². The molecule has 0 fully saturated rings. The molecule has 0 heterocycles. The molecule has 0 radical (unpaired) electrons. The molecule has 8 heteroatoms.